The number of hydrogen-bond donors (Lipinski definition) is 1. The molecule has 0 aliphatic carbocycles. The SMILES string of the molecule is COc1ccccc1C1C(C(N)=O)CCCN1c1ncc2ccsc2n1. The number of benzene rings is 1. The van der Waals surface area contributed by atoms with Crippen LogP contribution in [0, 0.1) is 5.92 Å². The van der Waals surface area contributed by atoms with Gasteiger partial charge in [-0.15, -0.1) is 11.3 Å². The Hall–Kier alpha value is -2.67. The Bertz CT molecular complexity index is 942. The maximum atomic E-state index is 12.2. The molecule has 1 aromatic carbocycles. The third-order valence-corrected chi connectivity index (χ3v) is 5.73. The first-order chi connectivity index (χ1) is 12.7. The summed E-state index contributed by atoms with van der Waals surface area (Å²) in [6, 6.07) is 9.53. The fourth-order valence-electron chi connectivity index (χ4n) is 3.70. The molecule has 4 rings (SSSR count). The molecule has 1 saturated heterocycles. The van der Waals surface area contributed by atoms with E-state index in [-0.39, 0.29) is 17.9 Å². The Kier molecular flexibility index (Phi) is 4.46. The van der Waals surface area contributed by atoms with Crippen molar-refractivity contribution >= 4 is 33.4 Å². The number of fused-ring (bicyclic) bond motifs is 1. The normalized spacial score (nSPS) is 20.3. The highest BCUT2D eigenvalue weighted by molar-refractivity contribution is 7.16. The van der Waals surface area contributed by atoms with Gasteiger partial charge in [0.25, 0.3) is 0 Å². The van der Waals surface area contributed by atoms with Crippen LogP contribution < -0.4 is 15.4 Å². The molecule has 2 N–H and O–H groups in total. The third-order valence-electron chi connectivity index (χ3n) is 4.91. The highest BCUT2D eigenvalue weighted by Crippen LogP contribution is 2.41. The van der Waals surface area contributed by atoms with Crippen LogP contribution >= 0.6 is 11.3 Å². The van der Waals surface area contributed by atoms with Crippen LogP contribution in [-0.2, 0) is 4.79 Å². The number of carbonyl (C=O) groups excluding carboxylic acids is 1. The van der Waals surface area contributed by atoms with Crippen molar-refractivity contribution in [2.75, 3.05) is 18.6 Å². The van der Waals surface area contributed by atoms with Crippen LogP contribution in [0.1, 0.15) is 24.4 Å². The number of aromatic nitrogens is 2. The molecule has 0 spiro atoms. The smallest absolute Gasteiger partial charge is 0.227 e. The number of ether oxygens (including phenoxy) is 1. The van der Waals surface area contributed by atoms with Gasteiger partial charge < -0.3 is 15.4 Å². The van der Waals surface area contributed by atoms with Gasteiger partial charge >= 0.3 is 0 Å². The Balaban J connectivity index is 1.83. The summed E-state index contributed by atoms with van der Waals surface area (Å²) in [6.07, 6.45) is 3.45. The topological polar surface area (TPSA) is 81.3 Å². The number of rotatable bonds is 4. The molecule has 1 amide bonds. The summed E-state index contributed by atoms with van der Waals surface area (Å²) in [5.74, 6) is 0.750. The molecule has 1 aliphatic rings. The number of hydrogen-bond acceptors (Lipinski definition) is 6. The third kappa shape index (κ3) is 2.88. The van der Waals surface area contributed by atoms with Gasteiger partial charge in [-0.05, 0) is 30.4 Å². The van der Waals surface area contributed by atoms with Crippen LogP contribution in [0.4, 0.5) is 5.95 Å². The van der Waals surface area contributed by atoms with Gasteiger partial charge in [0.15, 0.2) is 0 Å². The van der Waals surface area contributed by atoms with E-state index in [1.807, 2.05) is 41.9 Å². The minimum absolute atomic E-state index is 0.241. The molecule has 1 fully saturated rings. The van der Waals surface area contributed by atoms with Gasteiger partial charge in [0.2, 0.25) is 11.9 Å². The van der Waals surface area contributed by atoms with E-state index in [1.54, 1.807) is 18.4 Å². The molecule has 2 aromatic heterocycles. The van der Waals surface area contributed by atoms with Crippen molar-refractivity contribution in [1.82, 2.24) is 9.97 Å². The predicted molar refractivity (Wildman–Crippen MR) is 102 cm³/mol. The van der Waals surface area contributed by atoms with Gasteiger partial charge in [-0.2, -0.15) is 0 Å². The van der Waals surface area contributed by atoms with Crippen LogP contribution in [0.15, 0.2) is 41.9 Å². The van der Waals surface area contributed by atoms with E-state index < -0.39 is 0 Å². The molecule has 2 unspecified atom stereocenters. The number of primary amides is 1. The lowest BCUT2D eigenvalue weighted by Gasteiger charge is -2.40. The summed E-state index contributed by atoms with van der Waals surface area (Å²) in [5, 5.41) is 3.03. The van der Waals surface area contributed by atoms with Crippen molar-refractivity contribution in [2.24, 2.45) is 11.7 Å². The van der Waals surface area contributed by atoms with Gasteiger partial charge in [0, 0.05) is 23.7 Å². The second-order valence-corrected chi connectivity index (χ2v) is 7.28. The van der Waals surface area contributed by atoms with Crippen LogP contribution in [0.3, 0.4) is 0 Å². The lowest BCUT2D eigenvalue weighted by molar-refractivity contribution is -0.123. The zero-order valence-corrected chi connectivity index (χ0v) is 15.3. The highest BCUT2D eigenvalue weighted by atomic mass is 32.1. The highest BCUT2D eigenvalue weighted by Gasteiger charge is 2.38. The van der Waals surface area contributed by atoms with Gasteiger partial charge in [0.05, 0.1) is 19.1 Å². The average Bonchev–Trinajstić information content (AvgIpc) is 3.15. The molecule has 6 nitrogen and oxygen atoms in total. The second kappa shape index (κ2) is 6.92. The van der Waals surface area contributed by atoms with Crippen LogP contribution in [0.2, 0.25) is 0 Å². The molecule has 7 heteroatoms. The summed E-state index contributed by atoms with van der Waals surface area (Å²) in [5.41, 5.74) is 6.69. The second-order valence-electron chi connectivity index (χ2n) is 6.38. The lowest BCUT2D eigenvalue weighted by atomic mass is 9.84. The fraction of sp³-hybridized carbons (Fsp3) is 0.316. The van der Waals surface area contributed by atoms with Gasteiger partial charge in [-0.25, -0.2) is 9.97 Å². The van der Waals surface area contributed by atoms with Crippen molar-refractivity contribution in [3.8, 4) is 5.75 Å². The molecule has 0 saturated carbocycles. The molecular formula is C19H20N4O2S. The number of carbonyl (C=O) groups is 1. The van der Waals surface area contributed by atoms with E-state index in [9.17, 15) is 4.79 Å². The van der Waals surface area contributed by atoms with Crippen LogP contribution in [0.25, 0.3) is 10.2 Å². The van der Waals surface area contributed by atoms with Gasteiger partial charge in [-0.3, -0.25) is 4.79 Å². The van der Waals surface area contributed by atoms with Gasteiger partial charge in [0.1, 0.15) is 10.6 Å². The molecule has 3 heterocycles. The molecular weight excluding hydrogens is 348 g/mol. The molecule has 134 valence electrons. The first-order valence-corrected chi connectivity index (χ1v) is 9.46. The van der Waals surface area contributed by atoms with E-state index in [4.69, 9.17) is 15.5 Å². The number of methoxy groups -OCH3 is 1. The number of amides is 1. The quantitative estimate of drug-likeness (QED) is 0.765. The van der Waals surface area contributed by atoms with Crippen molar-refractivity contribution in [3.05, 3.63) is 47.5 Å². The minimum atomic E-state index is -0.317. The first-order valence-electron chi connectivity index (χ1n) is 8.58. The molecule has 3 aromatic rings. The van der Waals surface area contributed by atoms with Crippen molar-refractivity contribution in [1.29, 1.82) is 0 Å². The number of para-hydroxylation sites is 1. The maximum absolute atomic E-state index is 12.2. The first kappa shape index (κ1) is 16.8. The molecule has 2 atom stereocenters. The summed E-state index contributed by atoms with van der Waals surface area (Å²) >= 11 is 1.58. The Morgan fingerprint density at radius 3 is 3.00 bits per heavy atom. The zero-order valence-electron chi connectivity index (χ0n) is 14.5. The predicted octanol–water partition coefficient (Wildman–Crippen LogP) is 3.14. The van der Waals surface area contributed by atoms with E-state index in [0.717, 1.165) is 40.9 Å². The molecule has 26 heavy (non-hydrogen) atoms. The minimum Gasteiger partial charge on any atom is -0.496 e. The van der Waals surface area contributed by atoms with Crippen LogP contribution in [0.5, 0.6) is 5.75 Å². The van der Waals surface area contributed by atoms with Gasteiger partial charge in [-0.1, -0.05) is 18.2 Å². The summed E-state index contributed by atoms with van der Waals surface area (Å²) in [4.78, 5) is 24.5. The van der Waals surface area contributed by atoms with Crippen molar-refractivity contribution in [2.45, 2.75) is 18.9 Å². The Morgan fingerprint density at radius 2 is 2.19 bits per heavy atom. The number of thiophene rings is 1. The maximum Gasteiger partial charge on any atom is 0.227 e. The van der Waals surface area contributed by atoms with E-state index in [2.05, 4.69) is 9.88 Å². The van der Waals surface area contributed by atoms with E-state index in [0.29, 0.717) is 5.95 Å². The standard InChI is InChI=1S/C19H20N4O2S/c1-25-15-7-3-2-5-13(15)16-14(17(20)24)6-4-9-23(16)19-21-11-12-8-10-26-18(12)22-19/h2-3,5,7-8,10-11,14,16H,4,6,9H2,1H3,(H2,20,24). The Labute approximate surface area is 155 Å². The number of piperidine rings is 1. The van der Waals surface area contributed by atoms with Crippen molar-refractivity contribution in [3.63, 3.8) is 0 Å². The largest absolute Gasteiger partial charge is 0.496 e. The lowest BCUT2D eigenvalue weighted by Crippen LogP contribution is -2.45. The summed E-state index contributed by atoms with van der Waals surface area (Å²) in [6.45, 7) is 0.767. The number of anilines is 1. The monoisotopic (exact) mass is 368 g/mol. The van der Waals surface area contributed by atoms with E-state index in [1.165, 1.54) is 0 Å². The summed E-state index contributed by atoms with van der Waals surface area (Å²) in [7, 11) is 1.64. The summed E-state index contributed by atoms with van der Waals surface area (Å²) < 4.78 is 5.55. The number of nitrogens with zero attached hydrogens (tertiary/aromatic N) is 3. The molecule has 1 aliphatic heterocycles. The Morgan fingerprint density at radius 1 is 1.35 bits per heavy atom. The fourth-order valence-corrected chi connectivity index (χ4v) is 4.43. The average molecular weight is 368 g/mol. The van der Waals surface area contributed by atoms with Crippen LogP contribution in [-0.4, -0.2) is 29.5 Å². The van der Waals surface area contributed by atoms with E-state index >= 15 is 0 Å². The zero-order chi connectivity index (χ0) is 18.1. The van der Waals surface area contributed by atoms with Crippen molar-refractivity contribution < 1.29 is 9.53 Å². The number of nitrogens with two attached hydrogens (primary N) is 1. The molecule has 0 radical (unpaired) electrons. The molecule has 0 bridgehead atoms.